The molecule has 1 aromatic carbocycles. The number of nitrogens with one attached hydrogen (secondary N) is 2. The summed E-state index contributed by atoms with van der Waals surface area (Å²) in [6, 6.07) is 7.86. The van der Waals surface area contributed by atoms with Crippen LogP contribution in [0.3, 0.4) is 0 Å². The quantitative estimate of drug-likeness (QED) is 0.358. The Morgan fingerprint density at radius 3 is 2.48 bits per heavy atom. The number of amides is 2. The fourth-order valence-electron chi connectivity index (χ4n) is 2.02. The van der Waals surface area contributed by atoms with Crippen LogP contribution in [0.2, 0.25) is 0 Å². The number of rotatable bonds is 8. The van der Waals surface area contributed by atoms with Gasteiger partial charge in [-0.05, 0) is 12.1 Å². The first-order valence-electron chi connectivity index (χ1n) is 7.76. The zero-order valence-corrected chi connectivity index (χ0v) is 15.4. The van der Waals surface area contributed by atoms with Gasteiger partial charge < -0.3 is 24.8 Å². The van der Waals surface area contributed by atoms with Crippen LogP contribution in [-0.2, 0) is 28.7 Å². The smallest absolute Gasteiger partial charge is 0.344 e. The monoisotopic (exact) mass is 394 g/mol. The predicted octanol–water partition coefficient (Wildman–Crippen LogP) is -0.0308. The molecule has 0 aliphatic carbocycles. The van der Waals surface area contributed by atoms with Crippen LogP contribution < -0.4 is 15.4 Å². The number of methoxy groups -OCH3 is 2. The average Bonchev–Trinajstić information content (AvgIpc) is 2.69. The highest BCUT2D eigenvalue weighted by molar-refractivity contribution is 8.04. The zero-order valence-electron chi connectivity index (χ0n) is 14.6. The van der Waals surface area contributed by atoms with E-state index in [0.29, 0.717) is 5.75 Å². The standard InChI is InChI=1S/C17H18N2O7S/c1-24-13(21)8-11(17(23)25-2)27-16-14(15(22)19-16)18-12(20)9-26-10-6-4-3-5-7-10/h3-8,14,16H,9H2,1-2H3,(H,18,20)(H,19,22)/b11-8-/t14-,16-/m1/s1. The van der Waals surface area contributed by atoms with Crippen LogP contribution in [0.5, 0.6) is 5.75 Å². The Kier molecular flexibility index (Phi) is 7.24. The molecule has 1 aliphatic rings. The minimum Gasteiger partial charge on any atom is -0.484 e. The average molecular weight is 394 g/mol. The molecule has 1 saturated heterocycles. The van der Waals surface area contributed by atoms with Crippen molar-refractivity contribution in [2.24, 2.45) is 0 Å². The molecule has 9 nitrogen and oxygen atoms in total. The molecule has 1 aliphatic heterocycles. The molecule has 2 rings (SSSR count). The van der Waals surface area contributed by atoms with E-state index in [9.17, 15) is 19.2 Å². The zero-order chi connectivity index (χ0) is 19.8. The van der Waals surface area contributed by atoms with Gasteiger partial charge in [0.05, 0.1) is 14.2 Å². The minimum absolute atomic E-state index is 0.0610. The summed E-state index contributed by atoms with van der Waals surface area (Å²) in [6.45, 7) is -0.271. The normalized spacial score (nSPS) is 18.6. The van der Waals surface area contributed by atoms with Crippen LogP contribution >= 0.6 is 11.8 Å². The maximum absolute atomic E-state index is 12.0. The minimum atomic E-state index is -0.882. The van der Waals surface area contributed by atoms with Crippen molar-refractivity contribution in [2.75, 3.05) is 20.8 Å². The molecule has 0 spiro atoms. The van der Waals surface area contributed by atoms with Crippen LogP contribution in [0.15, 0.2) is 41.3 Å². The van der Waals surface area contributed by atoms with Crippen LogP contribution in [0.4, 0.5) is 0 Å². The first kappa shape index (κ1) is 20.3. The number of thioether (sulfide) groups is 1. The molecule has 0 aromatic heterocycles. The van der Waals surface area contributed by atoms with E-state index in [2.05, 4.69) is 20.1 Å². The topological polar surface area (TPSA) is 120 Å². The van der Waals surface area contributed by atoms with Crippen molar-refractivity contribution in [3.05, 3.63) is 41.3 Å². The van der Waals surface area contributed by atoms with Gasteiger partial charge in [-0.2, -0.15) is 0 Å². The molecule has 2 N–H and O–H groups in total. The lowest BCUT2D eigenvalue weighted by Crippen LogP contribution is -2.68. The third-order valence-corrected chi connectivity index (χ3v) is 4.57. The van der Waals surface area contributed by atoms with E-state index in [1.165, 1.54) is 7.11 Å². The summed E-state index contributed by atoms with van der Waals surface area (Å²) >= 11 is 0.874. The Morgan fingerprint density at radius 1 is 1.19 bits per heavy atom. The second-order valence-electron chi connectivity index (χ2n) is 5.22. The van der Waals surface area contributed by atoms with Crippen molar-refractivity contribution >= 4 is 35.5 Å². The molecule has 10 heteroatoms. The van der Waals surface area contributed by atoms with Gasteiger partial charge in [0.15, 0.2) is 6.61 Å². The van der Waals surface area contributed by atoms with Gasteiger partial charge >= 0.3 is 11.9 Å². The van der Waals surface area contributed by atoms with Crippen LogP contribution in [0, 0.1) is 0 Å². The highest BCUT2D eigenvalue weighted by atomic mass is 32.2. The second-order valence-corrected chi connectivity index (χ2v) is 6.40. The first-order valence-corrected chi connectivity index (χ1v) is 8.64. The number of esters is 2. The molecule has 1 fully saturated rings. The van der Waals surface area contributed by atoms with E-state index in [0.717, 1.165) is 24.9 Å². The number of hydrogen-bond donors (Lipinski definition) is 2. The van der Waals surface area contributed by atoms with E-state index in [1.807, 2.05) is 6.07 Å². The molecule has 2 atom stereocenters. The first-order chi connectivity index (χ1) is 12.9. The summed E-state index contributed by atoms with van der Waals surface area (Å²) in [6.07, 6.45) is 0.957. The maximum Gasteiger partial charge on any atom is 0.344 e. The van der Waals surface area contributed by atoms with Gasteiger partial charge in [0.1, 0.15) is 22.1 Å². The fraction of sp³-hybridized carbons (Fsp3) is 0.294. The molecule has 27 heavy (non-hydrogen) atoms. The van der Waals surface area contributed by atoms with Gasteiger partial charge in [-0.1, -0.05) is 30.0 Å². The van der Waals surface area contributed by atoms with E-state index in [-0.39, 0.29) is 11.5 Å². The van der Waals surface area contributed by atoms with Crippen molar-refractivity contribution in [1.29, 1.82) is 0 Å². The molecule has 1 aromatic rings. The van der Waals surface area contributed by atoms with Crippen molar-refractivity contribution in [1.82, 2.24) is 10.6 Å². The Morgan fingerprint density at radius 2 is 1.89 bits per heavy atom. The van der Waals surface area contributed by atoms with Crippen molar-refractivity contribution in [3.8, 4) is 5.75 Å². The predicted molar refractivity (Wildman–Crippen MR) is 95.5 cm³/mol. The van der Waals surface area contributed by atoms with E-state index >= 15 is 0 Å². The van der Waals surface area contributed by atoms with Crippen LogP contribution in [0.25, 0.3) is 0 Å². The van der Waals surface area contributed by atoms with Gasteiger partial charge in [0.25, 0.3) is 5.91 Å². The summed E-state index contributed by atoms with van der Waals surface area (Å²) < 4.78 is 14.4. The van der Waals surface area contributed by atoms with E-state index < -0.39 is 35.2 Å². The lowest BCUT2D eigenvalue weighted by molar-refractivity contribution is -0.137. The molecule has 0 saturated carbocycles. The van der Waals surface area contributed by atoms with Gasteiger partial charge in [-0.15, -0.1) is 0 Å². The summed E-state index contributed by atoms with van der Waals surface area (Å²) in [7, 11) is 2.33. The van der Waals surface area contributed by atoms with E-state index in [1.54, 1.807) is 24.3 Å². The van der Waals surface area contributed by atoms with Gasteiger partial charge in [-0.3, -0.25) is 9.59 Å². The van der Waals surface area contributed by atoms with Crippen molar-refractivity contribution < 1.29 is 33.4 Å². The Labute approximate surface area is 159 Å². The van der Waals surface area contributed by atoms with Gasteiger partial charge in [0, 0.05) is 6.08 Å². The number of benzene rings is 1. The van der Waals surface area contributed by atoms with Crippen molar-refractivity contribution in [3.63, 3.8) is 0 Å². The Bertz CT molecular complexity index is 751. The SMILES string of the molecule is COC(=O)/C=C(\S[C@H]1NC(=O)[C@H]1NC(=O)COc1ccccc1)C(=O)OC. The number of carbonyl (C=O) groups excluding carboxylic acids is 4. The van der Waals surface area contributed by atoms with Gasteiger partial charge in [-0.25, -0.2) is 9.59 Å². The number of ether oxygens (including phenoxy) is 3. The molecule has 0 unspecified atom stereocenters. The van der Waals surface area contributed by atoms with Crippen LogP contribution in [-0.4, -0.2) is 56.0 Å². The number of hydrogen-bond acceptors (Lipinski definition) is 8. The lowest BCUT2D eigenvalue weighted by atomic mass is 10.1. The Hall–Kier alpha value is -3.01. The molecular formula is C17H18N2O7S. The van der Waals surface area contributed by atoms with Crippen molar-refractivity contribution in [2.45, 2.75) is 11.4 Å². The second kappa shape index (κ2) is 9.62. The molecule has 0 bridgehead atoms. The van der Waals surface area contributed by atoms with Gasteiger partial charge in [0.2, 0.25) is 5.91 Å². The third-order valence-electron chi connectivity index (χ3n) is 3.39. The molecular weight excluding hydrogens is 376 g/mol. The summed E-state index contributed by atoms with van der Waals surface area (Å²) in [5.74, 6) is -1.90. The largest absolute Gasteiger partial charge is 0.484 e. The number of carbonyl (C=O) groups is 4. The van der Waals surface area contributed by atoms with Crippen LogP contribution in [0.1, 0.15) is 0 Å². The van der Waals surface area contributed by atoms with E-state index in [4.69, 9.17) is 4.74 Å². The molecule has 144 valence electrons. The number of para-hydroxylation sites is 1. The maximum atomic E-state index is 12.0. The molecule has 1 heterocycles. The Balaban J connectivity index is 1.93. The highest BCUT2D eigenvalue weighted by Crippen LogP contribution is 2.28. The number of β-lactam (4-membered cyclic amide) rings is 1. The summed E-state index contributed by atoms with van der Waals surface area (Å²) in [5.41, 5.74) is 0. The molecule has 0 radical (unpaired) electrons. The summed E-state index contributed by atoms with van der Waals surface area (Å²) in [4.78, 5) is 46.8. The fourth-order valence-corrected chi connectivity index (χ4v) is 3.14. The highest BCUT2D eigenvalue weighted by Gasteiger charge is 2.42. The molecule has 2 amide bonds. The lowest BCUT2D eigenvalue weighted by Gasteiger charge is -2.36. The summed E-state index contributed by atoms with van der Waals surface area (Å²) in [5, 5.41) is 4.42. The third kappa shape index (κ3) is 5.74.